The van der Waals surface area contributed by atoms with E-state index in [1.165, 1.54) is 17.0 Å². The lowest BCUT2D eigenvalue weighted by atomic mass is 9.98. The zero-order valence-corrected chi connectivity index (χ0v) is 26.7. The highest BCUT2D eigenvalue weighted by atomic mass is 79.9. The first-order chi connectivity index (χ1) is 22.5. The van der Waals surface area contributed by atoms with Gasteiger partial charge in [0.25, 0.3) is 11.5 Å². The van der Waals surface area contributed by atoms with Crippen molar-refractivity contribution in [2.24, 2.45) is 7.05 Å². The van der Waals surface area contributed by atoms with Crippen molar-refractivity contribution in [2.75, 3.05) is 0 Å². The molecule has 0 bridgehead atoms. The molecule has 0 spiro atoms. The minimum Gasteiger partial charge on any atom is -0.330 e. The average molecular weight is 704 g/mol. The molecule has 47 heavy (non-hydrogen) atoms. The van der Waals surface area contributed by atoms with Gasteiger partial charge in [-0.25, -0.2) is 14.1 Å². The van der Waals surface area contributed by atoms with Crippen molar-refractivity contribution in [3.8, 4) is 17.2 Å². The predicted molar refractivity (Wildman–Crippen MR) is 170 cm³/mol. The monoisotopic (exact) mass is 702 g/mol. The Kier molecular flexibility index (Phi) is 7.54. The van der Waals surface area contributed by atoms with Crippen molar-refractivity contribution in [1.29, 1.82) is 0 Å². The number of nitrogens with zero attached hydrogens (tertiary/aromatic N) is 8. The van der Waals surface area contributed by atoms with Crippen LogP contribution in [0.2, 0.25) is 0 Å². The summed E-state index contributed by atoms with van der Waals surface area (Å²) in [4.78, 5) is 34.3. The van der Waals surface area contributed by atoms with E-state index in [0.29, 0.717) is 35.0 Å². The average Bonchev–Trinajstić information content (AvgIpc) is 3.67. The second kappa shape index (κ2) is 11.6. The standard InChI is InChI=1S/C33H26BrF3N8O2/c1-19-12-24-27(17-43(19)31(46)21-8-10-26(34)25(14-21)33(35,36)37)45-30(23(16-40-45)13-20-6-4-3-5-7-20)44(32(24)47)28-11-9-22(15-38-28)29-41-39-18-42(29)2/h3-11,14-16,18-19H,12-13,17H2,1-2H3. The molecule has 238 valence electrons. The molecule has 10 nitrogen and oxygen atoms in total. The summed E-state index contributed by atoms with van der Waals surface area (Å²) >= 11 is 2.94. The lowest BCUT2D eigenvalue weighted by molar-refractivity contribution is -0.138. The van der Waals surface area contributed by atoms with Crippen LogP contribution in [0.25, 0.3) is 22.9 Å². The Morgan fingerprint density at radius 3 is 2.53 bits per heavy atom. The Labute approximate surface area is 274 Å². The van der Waals surface area contributed by atoms with Gasteiger partial charge in [0.15, 0.2) is 5.82 Å². The Morgan fingerprint density at radius 1 is 1.06 bits per heavy atom. The van der Waals surface area contributed by atoms with Crippen LogP contribution in [0.1, 0.15) is 45.2 Å². The van der Waals surface area contributed by atoms with Crippen molar-refractivity contribution in [2.45, 2.75) is 38.5 Å². The van der Waals surface area contributed by atoms with Crippen LogP contribution in [0.3, 0.4) is 0 Å². The van der Waals surface area contributed by atoms with Crippen LogP contribution in [0.5, 0.6) is 0 Å². The van der Waals surface area contributed by atoms with Gasteiger partial charge in [0, 0.05) is 52.4 Å². The van der Waals surface area contributed by atoms with Crippen molar-refractivity contribution >= 4 is 27.5 Å². The summed E-state index contributed by atoms with van der Waals surface area (Å²) in [6.45, 7) is 1.75. The maximum Gasteiger partial charge on any atom is 0.417 e. The number of carbonyl (C=O) groups is 1. The van der Waals surface area contributed by atoms with E-state index in [9.17, 15) is 22.8 Å². The van der Waals surface area contributed by atoms with Crippen LogP contribution in [0, 0.1) is 0 Å². The minimum atomic E-state index is -4.64. The molecule has 0 aliphatic carbocycles. The van der Waals surface area contributed by atoms with Gasteiger partial charge in [-0.1, -0.05) is 46.3 Å². The van der Waals surface area contributed by atoms with E-state index in [0.717, 1.165) is 22.8 Å². The minimum absolute atomic E-state index is 0.0235. The third-order valence-electron chi connectivity index (χ3n) is 8.41. The molecule has 1 atom stereocenters. The number of fused-ring (bicyclic) bond motifs is 3. The molecule has 1 aliphatic rings. The molecule has 14 heteroatoms. The smallest absolute Gasteiger partial charge is 0.330 e. The number of carbonyl (C=O) groups excluding carboxylic acids is 1. The van der Waals surface area contributed by atoms with Crippen molar-refractivity contribution in [3.63, 3.8) is 0 Å². The number of hydrogen-bond donors (Lipinski definition) is 0. The number of halogens is 4. The van der Waals surface area contributed by atoms with Gasteiger partial charge in [0.1, 0.15) is 17.8 Å². The number of rotatable bonds is 5. The van der Waals surface area contributed by atoms with Crippen LogP contribution in [0.4, 0.5) is 13.2 Å². The summed E-state index contributed by atoms with van der Waals surface area (Å²) in [6.07, 6.45) is 0.912. The molecule has 0 saturated carbocycles. The van der Waals surface area contributed by atoms with E-state index in [1.54, 1.807) is 45.4 Å². The summed E-state index contributed by atoms with van der Waals surface area (Å²) in [5.74, 6) is 0.424. The van der Waals surface area contributed by atoms with Gasteiger partial charge >= 0.3 is 6.18 Å². The quantitative estimate of drug-likeness (QED) is 0.231. The lowest BCUT2D eigenvalue weighted by Gasteiger charge is -2.35. The van der Waals surface area contributed by atoms with E-state index in [1.807, 2.05) is 43.4 Å². The molecule has 6 aromatic rings. The van der Waals surface area contributed by atoms with Gasteiger partial charge < -0.3 is 9.47 Å². The van der Waals surface area contributed by atoms with Gasteiger partial charge in [-0.3, -0.25) is 9.59 Å². The molecule has 0 radical (unpaired) electrons. The summed E-state index contributed by atoms with van der Waals surface area (Å²) in [5.41, 5.74) is 2.58. The molecular formula is C33H26BrF3N8O2. The summed E-state index contributed by atoms with van der Waals surface area (Å²) in [7, 11) is 1.82. The third-order valence-corrected chi connectivity index (χ3v) is 9.10. The van der Waals surface area contributed by atoms with E-state index in [-0.39, 0.29) is 28.6 Å². The second-order valence-corrected chi connectivity index (χ2v) is 12.3. The number of aromatic nitrogens is 7. The second-order valence-electron chi connectivity index (χ2n) is 11.5. The highest BCUT2D eigenvalue weighted by molar-refractivity contribution is 9.10. The Morgan fingerprint density at radius 2 is 1.85 bits per heavy atom. The lowest BCUT2D eigenvalue weighted by Crippen LogP contribution is -2.46. The molecule has 4 aromatic heterocycles. The normalized spacial score (nSPS) is 14.9. The molecule has 0 N–H and O–H groups in total. The van der Waals surface area contributed by atoms with Gasteiger partial charge in [-0.2, -0.15) is 18.3 Å². The highest BCUT2D eigenvalue weighted by Crippen LogP contribution is 2.36. The number of alkyl halides is 3. The fourth-order valence-corrected chi connectivity index (χ4v) is 6.52. The van der Waals surface area contributed by atoms with E-state index in [4.69, 9.17) is 0 Å². The first-order valence-electron chi connectivity index (χ1n) is 14.7. The van der Waals surface area contributed by atoms with Gasteiger partial charge in [-0.15, -0.1) is 10.2 Å². The van der Waals surface area contributed by atoms with Crippen LogP contribution in [-0.2, 0) is 32.6 Å². The molecule has 7 rings (SSSR count). The van der Waals surface area contributed by atoms with Crippen molar-refractivity contribution in [1.82, 2.24) is 38.8 Å². The number of aryl methyl sites for hydroxylation is 1. The van der Waals surface area contributed by atoms with Gasteiger partial charge in [0.2, 0.25) is 0 Å². The molecule has 2 aromatic carbocycles. The van der Waals surface area contributed by atoms with Gasteiger partial charge in [0.05, 0.1) is 24.0 Å². The zero-order chi connectivity index (χ0) is 33.0. The molecule has 1 amide bonds. The molecular weight excluding hydrogens is 677 g/mol. The fraction of sp³-hybridized carbons (Fsp3) is 0.212. The largest absolute Gasteiger partial charge is 0.417 e. The predicted octanol–water partition coefficient (Wildman–Crippen LogP) is 5.63. The van der Waals surface area contributed by atoms with Crippen LogP contribution < -0.4 is 5.56 Å². The molecule has 5 heterocycles. The van der Waals surface area contributed by atoms with Crippen LogP contribution >= 0.6 is 15.9 Å². The SMILES string of the molecule is CC1Cc2c(n3ncc(Cc4ccccc4)c3n(-c3ccc(-c4nncn4C)cn3)c2=O)CN1C(=O)c1ccc(Br)c(C(F)(F)F)c1. The zero-order valence-electron chi connectivity index (χ0n) is 25.1. The van der Waals surface area contributed by atoms with E-state index >= 15 is 0 Å². The molecule has 0 fully saturated rings. The van der Waals surface area contributed by atoms with Crippen molar-refractivity contribution < 1.29 is 18.0 Å². The third kappa shape index (κ3) is 5.41. The van der Waals surface area contributed by atoms with Crippen LogP contribution in [0.15, 0.2) is 88.7 Å². The first-order valence-corrected chi connectivity index (χ1v) is 15.5. The highest BCUT2D eigenvalue weighted by Gasteiger charge is 2.36. The number of hydrogen-bond acceptors (Lipinski definition) is 6. The number of amides is 1. The summed E-state index contributed by atoms with van der Waals surface area (Å²) < 4.78 is 45.8. The maximum absolute atomic E-state index is 14.4. The Balaban J connectivity index is 1.36. The maximum atomic E-state index is 14.4. The molecule has 1 aliphatic heterocycles. The summed E-state index contributed by atoms with van der Waals surface area (Å²) in [6, 6.07) is 16.2. The van der Waals surface area contributed by atoms with E-state index < -0.39 is 23.7 Å². The van der Waals surface area contributed by atoms with Gasteiger partial charge in [-0.05, 0) is 49.2 Å². The number of benzene rings is 2. The van der Waals surface area contributed by atoms with Crippen LogP contribution in [-0.4, -0.2) is 50.8 Å². The first kappa shape index (κ1) is 30.5. The molecule has 1 unspecified atom stereocenters. The molecule has 0 saturated heterocycles. The Bertz CT molecular complexity index is 2210. The Hall–Kier alpha value is -5.11. The fourth-order valence-electron chi connectivity index (χ4n) is 6.05. The topological polar surface area (TPSA) is 103 Å². The number of pyridine rings is 1. The van der Waals surface area contributed by atoms with E-state index in [2.05, 4.69) is 36.2 Å². The van der Waals surface area contributed by atoms with Crippen molar-refractivity contribution in [3.05, 3.63) is 128 Å². The summed E-state index contributed by atoms with van der Waals surface area (Å²) in [5, 5.41) is 12.8.